The zero-order chi connectivity index (χ0) is 14.8. The number of thiocarbonyl (C=S) groups is 1. The van der Waals surface area contributed by atoms with Gasteiger partial charge in [0.05, 0.1) is 15.8 Å². The minimum Gasteiger partial charge on any atom is -0.392 e. The van der Waals surface area contributed by atoms with E-state index in [1.165, 1.54) is 0 Å². The molecule has 0 aromatic heterocycles. The lowest BCUT2D eigenvalue weighted by Gasteiger charge is -2.34. The van der Waals surface area contributed by atoms with Crippen molar-refractivity contribution in [2.45, 2.75) is 40.0 Å². The summed E-state index contributed by atoms with van der Waals surface area (Å²) >= 11 is 5.09. The van der Waals surface area contributed by atoms with Crippen molar-refractivity contribution in [2.24, 2.45) is 22.3 Å². The lowest BCUT2D eigenvalue weighted by Crippen LogP contribution is -2.50. The Morgan fingerprint density at radius 1 is 1.32 bits per heavy atom. The summed E-state index contributed by atoms with van der Waals surface area (Å²) in [6.45, 7) is 6.49. The predicted octanol–water partition coefficient (Wildman–Crippen LogP) is 0.803. The van der Waals surface area contributed by atoms with Crippen LogP contribution in [0.2, 0.25) is 0 Å². The van der Waals surface area contributed by atoms with Gasteiger partial charge in [0.15, 0.2) is 0 Å². The van der Waals surface area contributed by atoms with Crippen molar-refractivity contribution in [3.8, 4) is 0 Å². The van der Waals surface area contributed by atoms with Gasteiger partial charge in [-0.2, -0.15) is 0 Å². The molecule has 0 spiro atoms. The third-order valence-corrected chi connectivity index (χ3v) is 4.83. The van der Waals surface area contributed by atoms with Gasteiger partial charge in [-0.05, 0) is 26.2 Å². The van der Waals surface area contributed by atoms with E-state index in [1.807, 2.05) is 13.8 Å². The zero-order valence-electron chi connectivity index (χ0n) is 11.9. The molecule has 0 bridgehead atoms. The van der Waals surface area contributed by atoms with Crippen LogP contribution in [0.1, 0.15) is 40.0 Å². The van der Waals surface area contributed by atoms with Gasteiger partial charge in [0.1, 0.15) is 0 Å². The Labute approximate surface area is 119 Å². The highest BCUT2D eigenvalue weighted by molar-refractivity contribution is 7.80. The fourth-order valence-electron chi connectivity index (χ4n) is 2.64. The highest BCUT2D eigenvalue weighted by atomic mass is 32.1. The predicted molar refractivity (Wildman–Crippen MR) is 78.3 cm³/mol. The minimum atomic E-state index is -0.793. The Kier molecular flexibility index (Phi) is 4.55. The summed E-state index contributed by atoms with van der Waals surface area (Å²) in [5.41, 5.74) is 9.75. The third-order valence-electron chi connectivity index (χ3n) is 4.44. The Balaban J connectivity index is 2.96. The molecule has 0 aliphatic carbocycles. The van der Waals surface area contributed by atoms with Crippen LogP contribution in [0.15, 0.2) is 0 Å². The van der Waals surface area contributed by atoms with Gasteiger partial charge in [0.2, 0.25) is 11.8 Å². The highest BCUT2D eigenvalue weighted by Crippen LogP contribution is 2.35. The number of amides is 2. The van der Waals surface area contributed by atoms with E-state index in [9.17, 15) is 9.59 Å². The number of primary amides is 1. The second-order valence-corrected chi connectivity index (χ2v) is 5.99. The molecule has 1 fully saturated rings. The molecule has 1 unspecified atom stereocenters. The monoisotopic (exact) mass is 285 g/mol. The maximum absolute atomic E-state index is 12.7. The lowest BCUT2D eigenvalue weighted by atomic mass is 9.80. The molecular weight excluding hydrogens is 262 g/mol. The Hall–Kier alpha value is -1.17. The molecule has 0 aromatic rings. The molecule has 1 rings (SSSR count). The van der Waals surface area contributed by atoms with Gasteiger partial charge in [-0.15, -0.1) is 0 Å². The first-order valence-corrected chi connectivity index (χ1v) is 7.03. The van der Waals surface area contributed by atoms with Crippen LogP contribution < -0.4 is 11.5 Å². The normalized spacial score (nSPS) is 23.4. The Morgan fingerprint density at radius 2 is 1.84 bits per heavy atom. The van der Waals surface area contributed by atoms with Gasteiger partial charge in [0, 0.05) is 13.1 Å². The maximum Gasteiger partial charge on any atom is 0.235 e. The van der Waals surface area contributed by atoms with Crippen molar-refractivity contribution >= 4 is 29.0 Å². The molecule has 1 atom stereocenters. The van der Waals surface area contributed by atoms with E-state index >= 15 is 0 Å². The molecule has 4 N–H and O–H groups in total. The van der Waals surface area contributed by atoms with Gasteiger partial charge in [-0.3, -0.25) is 9.59 Å². The summed E-state index contributed by atoms with van der Waals surface area (Å²) in [4.78, 5) is 26.0. The summed E-state index contributed by atoms with van der Waals surface area (Å²) in [6, 6.07) is 0. The molecule has 6 heteroatoms. The van der Waals surface area contributed by atoms with E-state index in [1.54, 1.807) is 11.8 Å². The van der Waals surface area contributed by atoms with Crippen molar-refractivity contribution in [3.63, 3.8) is 0 Å². The summed E-state index contributed by atoms with van der Waals surface area (Å²) in [5, 5.41) is 0. The molecule has 0 saturated carbocycles. The first-order chi connectivity index (χ1) is 8.73. The number of rotatable bonds is 5. The number of hydrogen-bond donors (Lipinski definition) is 2. The summed E-state index contributed by atoms with van der Waals surface area (Å²) in [5.74, 6) is -0.438. The van der Waals surface area contributed by atoms with Gasteiger partial charge in [-0.25, -0.2) is 0 Å². The van der Waals surface area contributed by atoms with Crippen molar-refractivity contribution < 1.29 is 9.59 Å². The van der Waals surface area contributed by atoms with Crippen LogP contribution in [0.5, 0.6) is 0 Å². The number of hydrogen-bond acceptors (Lipinski definition) is 3. The smallest absolute Gasteiger partial charge is 0.235 e. The van der Waals surface area contributed by atoms with Crippen LogP contribution in [0.25, 0.3) is 0 Å². The molecule has 108 valence electrons. The quantitative estimate of drug-likeness (QED) is 0.731. The number of carbonyl (C=O) groups is 2. The number of likely N-dealkylation sites (tertiary alicyclic amines) is 1. The largest absolute Gasteiger partial charge is 0.392 e. The number of nitrogens with zero attached hydrogens (tertiary/aromatic N) is 1. The molecule has 0 aromatic carbocycles. The molecule has 1 aliphatic rings. The number of carbonyl (C=O) groups excluding carboxylic acids is 2. The third kappa shape index (κ3) is 2.59. The van der Waals surface area contributed by atoms with E-state index in [-0.39, 0.29) is 16.8 Å². The van der Waals surface area contributed by atoms with Crippen LogP contribution in [0, 0.1) is 10.8 Å². The van der Waals surface area contributed by atoms with Crippen molar-refractivity contribution in [1.82, 2.24) is 4.90 Å². The van der Waals surface area contributed by atoms with Crippen LogP contribution in [-0.2, 0) is 9.59 Å². The SMILES string of the molecule is CCC(CC)(C(=O)N1CCC(C)(C(N)=O)C1)C(N)=S. The van der Waals surface area contributed by atoms with E-state index < -0.39 is 10.8 Å². The van der Waals surface area contributed by atoms with Crippen LogP contribution >= 0.6 is 12.2 Å². The van der Waals surface area contributed by atoms with Crippen molar-refractivity contribution in [3.05, 3.63) is 0 Å². The van der Waals surface area contributed by atoms with E-state index in [4.69, 9.17) is 23.7 Å². The Morgan fingerprint density at radius 3 is 2.16 bits per heavy atom. The van der Waals surface area contributed by atoms with Crippen LogP contribution in [0.4, 0.5) is 0 Å². The van der Waals surface area contributed by atoms with Crippen LogP contribution in [-0.4, -0.2) is 34.8 Å². The average Bonchev–Trinajstić information content (AvgIpc) is 2.75. The fourth-order valence-corrected chi connectivity index (χ4v) is 3.02. The van der Waals surface area contributed by atoms with Gasteiger partial charge in [0.25, 0.3) is 0 Å². The standard InChI is InChI=1S/C13H23N3O2S/c1-4-13(5-2,10(15)19)11(18)16-7-6-12(3,8-16)9(14)17/h4-8H2,1-3H3,(H2,14,17)(H2,15,19). The summed E-state index contributed by atoms with van der Waals surface area (Å²) < 4.78 is 0. The first-order valence-electron chi connectivity index (χ1n) is 6.62. The van der Waals surface area contributed by atoms with Gasteiger partial charge in [-0.1, -0.05) is 26.1 Å². The Bertz CT molecular complexity index is 407. The maximum atomic E-state index is 12.7. The first kappa shape index (κ1) is 15.9. The molecule has 1 aliphatic heterocycles. The number of nitrogens with two attached hydrogens (primary N) is 2. The van der Waals surface area contributed by atoms with Crippen molar-refractivity contribution in [2.75, 3.05) is 13.1 Å². The van der Waals surface area contributed by atoms with E-state index in [0.29, 0.717) is 32.4 Å². The molecule has 5 nitrogen and oxygen atoms in total. The van der Waals surface area contributed by atoms with E-state index in [2.05, 4.69) is 0 Å². The minimum absolute atomic E-state index is 0.0741. The second kappa shape index (κ2) is 5.45. The molecule has 0 radical (unpaired) electrons. The molecule has 2 amide bonds. The second-order valence-electron chi connectivity index (χ2n) is 5.56. The zero-order valence-corrected chi connectivity index (χ0v) is 12.7. The van der Waals surface area contributed by atoms with E-state index in [0.717, 1.165) is 0 Å². The molecule has 19 heavy (non-hydrogen) atoms. The van der Waals surface area contributed by atoms with Crippen molar-refractivity contribution in [1.29, 1.82) is 0 Å². The highest BCUT2D eigenvalue weighted by Gasteiger charge is 2.47. The lowest BCUT2D eigenvalue weighted by molar-refractivity contribution is -0.138. The van der Waals surface area contributed by atoms with Crippen LogP contribution in [0.3, 0.4) is 0 Å². The topological polar surface area (TPSA) is 89.4 Å². The fraction of sp³-hybridized carbons (Fsp3) is 0.769. The van der Waals surface area contributed by atoms with Gasteiger partial charge < -0.3 is 16.4 Å². The molecule has 1 heterocycles. The summed E-state index contributed by atoms with van der Waals surface area (Å²) in [6.07, 6.45) is 1.73. The molecular formula is C13H23N3O2S. The summed E-state index contributed by atoms with van der Waals surface area (Å²) in [7, 11) is 0. The average molecular weight is 285 g/mol. The molecule has 1 saturated heterocycles. The van der Waals surface area contributed by atoms with Gasteiger partial charge >= 0.3 is 0 Å².